The van der Waals surface area contributed by atoms with Crippen molar-refractivity contribution in [1.29, 1.82) is 0 Å². The van der Waals surface area contributed by atoms with Gasteiger partial charge >= 0.3 is 0 Å². The second-order valence-corrected chi connectivity index (χ2v) is 5.52. The Bertz CT molecular complexity index is 529. The van der Waals surface area contributed by atoms with Crippen LogP contribution in [0.15, 0.2) is 30.5 Å². The van der Waals surface area contributed by atoms with E-state index in [1.165, 1.54) is 16.5 Å². The fourth-order valence-corrected chi connectivity index (χ4v) is 2.07. The predicted molar refractivity (Wildman–Crippen MR) is 73.0 cm³/mol. The van der Waals surface area contributed by atoms with Gasteiger partial charge in [0.15, 0.2) is 0 Å². The highest BCUT2D eigenvalue weighted by Gasteiger charge is 2.16. The van der Waals surface area contributed by atoms with E-state index >= 15 is 0 Å². The molecule has 0 saturated carbocycles. The van der Waals surface area contributed by atoms with Gasteiger partial charge < -0.3 is 5.73 Å². The van der Waals surface area contributed by atoms with Crippen LogP contribution in [0.2, 0.25) is 0 Å². The molecule has 2 heteroatoms. The fraction of sp³-hybridized carbons (Fsp3) is 0.400. The van der Waals surface area contributed by atoms with Gasteiger partial charge in [-0.1, -0.05) is 19.9 Å². The Labute approximate surface area is 103 Å². The van der Waals surface area contributed by atoms with E-state index in [0.29, 0.717) is 6.54 Å². The minimum Gasteiger partial charge on any atom is -0.330 e. The number of benzene rings is 1. The third-order valence-corrected chi connectivity index (χ3v) is 3.26. The highest BCUT2D eigenvalue weighted by atomic mass is 14.6. The SMILES string of the molecule is Cc1ccnc2ccc(CC(C)(C)CN)cc12. The molecule has 0 amide bonds. The Morgan fingerprint density at radius 2 is 2.00 bits per heavy atom. The first-order chi connectivity index (χ1) is 8.02. The highest BCUT2D eigenvalue weighted by molar-refractivity contribution is 5.82. The van der Waals surface area contributed by atoms with E-state index in [4.69, 9.17) is 5.73 Å². The molecule has 0 saturated heterocycles. The van der Waals surface area contributed by atoms with Crippen LogP contribution in [0.4, 0.5) is 0 Å². The lowest BCUT2D eigenvalue weighted by molar-refractivity contribution is 0.377. The summed E-state index contributed by atoms with van der Waals surface area (Å²) in [5.74, 6) is 0. The Morgan fingerprint density at radius 3 is 2.71 bits per heavy atom. The predicted octanol–water partition coefficient (Wildman–Crippen LogP) is 3.07. The zero-order chi connectivity index (χ0) is 12.5. The number of hydrogen-bond acceptors (Lipinski definition) is 2. The number of hydrogen-bond donors (Lipinski definition) is 1. The molecule has 0 aliphatic carbocycles. The van der Waals surface area contributed by atoms with E-state index in [-0.39, 0.29) is 5.41 Å². The Hall–Kier alpha value is -1.41. The summed E-state index contributed by atoms with van der Waals surface area (Å²) in [5, 5.41) is 1.25. The molecule has 0 aliphatic rings. The molecule has 90 valence electrons. The Kier molecular flexibility index (Phi) is 3.16. The van der Waals surface area contributed by atoms with Gasteiger partial charge in [-0.15, -0.1) is 0 Å². The van der Waals surface area contributed by atoms with Crippen LogP contribution >= 0.6 is 0 Å². The van der Waals surface area contributed by atoms with E-state index in [1.807, 2.05) is 6.20 Å². The summed E-state index contributed by atoms with van der Waals surface area (Å²) in [6, 6.07) is 8.56. The summed E-state index contributed by atoms with van der Waals surface area (Å²) in [5.41, 5.74) is 9.63. The van der Waals surface area contributed by atoms with Gasteiger partial charge in [-0.05, 0) is 54.6 Å². The first kappa shape index (κ1) is 12.1. The van der Waals surface area contributed by atoms with Gasteiger partial charge in [0.25, 0.3) is 0 Å². The number of pyridine rings is 1. The van der Waals surface area contributed by atoms with Crippen molar-refractivity contribution in [3.05, 3.63) is 41.6 Å². The van der Waals surface area contributed by atoms with E-state index in [0.717, 1.165) is 11.9 Å². The van der Waals surface area contributed by atoms with Gasteiger partial charge in [0.05, 0.1) is 5.52 Å². The molecule has 1 heterocycles. The summed E-state index contributed by atoms with van der Waals surface area (Å²) in [6.07, 6.45) is 2.87. The molecule has 0 spiro atoms. The molecule has 2 rings (SSSR count). The maximum absolute atomic E-state index is 5.78. The van der Waals surface area contributed by atoms with Crippen LogP contribution in [0, 0.1) is 12.3 Å². The third-order valence-electron chi connectivity index (χ3n) is 3.26. The van der Waals surface area contributed by atoms with Gasteiger partial charge in [-0.2, -0.15) is 0 Å². The van der Waals surface area contributed by atoms with Crippen molar-refractivity contribution in [2.75, 3.05) is 6.54 Å². The smallest absolute Gasteiger partial charge is 0.0704 e. The molecule has 0 aliphatic heterocycles. The van der Waals surface area contributed by atoms with Crippen molar-refractivity contribution < 1.29 is 0 Å². The molecule has 0 unspecified atom stereocenters. The fourth-order valence-electron chi connectivity index (χ4n) is 2.07. The van der Waals surface area contributed by atoms with Crippen molar-refractivity contribution in [1.82, 2.24) is 4.98 Å². The summed E-state index contributed by atoms with van der Waals surface area (Å²) in [4.78, 5) is 4.38. The van der Waals surface area contributed by atoms with E-state index in [9.17, 15) is 0 Å². The lowest BCUT2D eigenvalue weighted by Gasteiger charge is -2.22. The largest absolute Gasteiger partial charge is 0.330 e. The molecular formula is C15H20N2. The summed E-state index contributed by atoms with van der Waals surface area (Å²) >= 11 is 0. The lowest BCUT2D eigenvalue weighted by atomic mass is 9.85. The Balaban J connectivity index is 2.41. The number of rotatable bonds is 3. The van der Waals surface area contributed by atoms with Crippen molar-refractivity contribution in [2.45, 2.75) is 27.2 Å². The first-order valence-electron chi connectivity index (χ1n) is 6.06. The number of nitrogens with two attached hydrogens (primary N) is 1. The second-order valence-electron chi connectivity index (χ2n) is 5.52. The molecule has 0 fully saturated rings. The Morgan fingerprint density at radius 1 is 1.24 bits per heavy atom. The number of nitrogens with zero attached hydrogens (tertiary/aromatic N) is 1. The van der Waals surface area contributed by atoms with Crippen molar-refractivity contribution >= 4 is 10.9 Å². The zero-order valence-electron chi connectivity index (χ0n) is 10.8. The zero-order valence-corrected chi connectivity index (χ0v) is 10.8. The molecule has 0 radical (unpaired) electrons. The van der Waals surface area contributed by atoms with Crippen LogP contribution in [0.3, 0.4) is 0 Å². The number of aromatic nitrogens is 1. The first-order valence-corrected chi connectivity index (χ1v) is 6.06. The van der Waals surface area contributed by atoms with Crippen LogP contribution in [-0.2, 0) is 6.42 Å². The molecule has 1 aromatic heterocycles. The molecular weight excluding hydrogens is 208 g/mol. The monoisotopic (exact) mass is 228 g/mol. The second kappa shape index (κ2) is 4.46. The quantitative estimate of drug-likeness (QED) is 0.876. The van der Waals surface area contributed by atoms with Crippen LogP contribution in [0.5, 0.6) is 0 Å². The third kappa shape index (κ3) is 2.64. The van der Waals surface area contributed by atoms with Gasteiger partial charge in [-0.25, -0.2) is 0 Å². The standard InChI is InChI=1S/C15H20N2/c1-11-6-7-17-14-5-4-12(8-13(11)14)9-15(2,3)10-16/h4-8H,9-10,16H2,1-3H3. The number of fused-ring (bicyclic) bond motifs is 1. The van der Waals surface area contributed by atoms with E-state index < -0.39 is 0 Å². The molecule has 0 bridgehead atoms. The normalized spacial score (nSPS) is 12.0. The van der Waals surface area contributed by atoms with Gasteiger partial charge in [-0.3, -0.25) is 4.98 Å². The molecule has 2 nitrogen and oxygen atoms in total. The van der Waals surface area contributed by atoms with Gasteiger partial charge in [0, 0.05) is 11.6 Å². The minimum atomic E-state index is 0.157. The molecule has 17 heavy (non-hydrogen) atoms. The van der Waals surface area contributed by atoms with E-state index in [1.54, 1.807) is 0 Å². The summed E-state index contributed by atoms with van der Waals surface area (Å²) in [7, 11) is 0. The van der Waals surface area contributed by atoms with Crippen LogP contribution < -0.4 is 5.73 Å². The van der Waals surface area contributed by atoms with Crippen LogP contribution in [0.1, 0.15) is 25.0 Å². The minimum absolute atomic E-state index is 0.157. The maximum atomic E-state index is 5.78. The average molecular weight is 228 g/mol. The van der Waals surface area contributed by atoms with Gasteiger partial charge in [0.1, 0.15) is 0 Å². The van der Waals surface area contributed by atoms with Crippen molar-refractivity contribution in [2.24, 2.45) is 11.1 Å². The van der Waals surface area contributed by atoms with Gasteiger partial charge in [0.2, 0.25) is 0 Å². The lowest BCUT2D eigenvalue weighted by Crippen LogP contribution is -2.25. The highest BCUT2D eigenvalue weighted by Crippen LogP contribution is 2.24. The molecule has 2 aromatic rings. The van der Waals surface area contributed by atoms with Crippen molar-refractivity contribution in [3.8, 4) is 0 Å². The summed E-state index contributed by atoms with van der Waals surface area (Å²) in [6.45, 7) is 7.24. The molecule has 1 aromatic carbocycles. The molecule has 2 N–H and O–H groups in total. The summed E-state index contributed by atoms with van der Waals surface area (Å²) < 4.78 is 0. The average Bonchev–Trinajstić information content (AvgIpc) is 2.30. The van der Waals surface area contributed by atoms with E-state index in [2.05, 4.69) is 50.0 Å². The maximum Gasteiger partial charge on any atom is 0.0704 e. The topological polar surface area (TPSA) is 38.9 Å². The van der Waals surface area contributed by atoms with Crippen LogP contribution in [-0.4, -0.2) is 11.5 Å². The van der Waals surface area contributed by atoms with Crippen molar-refractivity contribution in [3.63, 3.8) is 0 Å². The van der Waals surface area contributed by atoms with Crippen LogP contribution in [0.25, 0.3) is 10.9 Å². The molecule has 0 atom stereocenters. The number of aryl methyl sites for hydroxylation is 1.